The number of hydrogen-bond donors (Lipinski definition) is 2. The van der Waals surface area contributed by atoms with Gasteiger partial charge in [0.05, 0.1) is 5.54 Å². The van der Waals surface area contributed by atoms with Crippen molar-refractivity contribution in [3.8, 4) is 0 Å². The van der Waals surface area contributed by atoms with Crippen molar-refractivity contribution in [2.75, 3.05) is 7.05 Å². The van der Waals surface area contributed by atoms with E-state index in [2.05, 4.69) is 37.4 Å². The Labute approximate surface area is 119 Å². The van der Waals surface area contributed by atoms with Crippen LogP contribution in [0.2, 0.25) is 0 Å². The maximum Gasteiger partial charge on any atom is 0.237 e. The van der Waals surface area contributed by atoms with Gasteiger partial charge in [-0.25, -0.2) is 0 Å². The number of aryl methyl sites for hydroxylation is 2. The van der Waals surface area contributed by atoms with Gasteiger partial charge < -0.3 is 11.1 Å². The number of amides is 1. The minimum Gasteiger partial charge on any atom is -0.368 e. The van der Waals surface area contributed by atoms with Gasteiger partial charge >= 0.3 is 0 Å². The summed E-state index contributed by atoms with van der Waals surface area (Å²) >= 11 is 1.86. The molecule has 1 aliphatic rings. The summed E-state index contributed by atoms with van der Waals surface area (Å²) in [6.45, 7) is 4.26. The van der Waals surface area contributed by atoms with Crippen molar-refractivity contribution in [1.29, 1.82) is 0 Å². The fourth-order valence-electron chi connectivity index (χ4n) is 2.65. The molecule has 0 spiro atoms. The van der Waals surface area contributed by atoms with Crippen molar-refractivity contribution in [2.45, 2.75) is 48.8 Å². The highest BCUT2D eigenvalue weighted by Gasteiger charge is 2.42. The summed E-state index contributed by atoms with van der Waals surface area (Å²) in [5.74, 6) is -0.224. The van der Waals surface area contributed by atoms with Crippen LogP contribution in [0.4, 0.5) is 0 Å². The Morgan fingerprint density at radius 3 is 2.68 bits per heavy atom. The number of likely N-dealkylation sites (N-methyl/N-ethyl adjacent to an activating group) is 1. The van der Waals surface area contributed by atoms with E-state index in [0.29, 0.717) is 5.25 Å². The van der Waals surface area contributed by atoms with Crippen LogP contribution in [0.5, 0.6) is 0 Å². The lowest BCUT2D eigenvalue weighted by Crippen LogP contribution is -2.52. The fraction of sp³-hybridized carbons (Fsp3) is 0.533. The number of hydrogen-bond acceptors (Lipinski definition) is 3. The lowest BCUT2D eigenvalue weighted by molar-refractivity contribution is -0.124. The molecule has 19 heavy (non-hydrogen) atoms. The molecule has 2 unspecified atom stereocenters. The zero-order valence-electron chi connectivity index (χ0n) is 11.8. The Bertz CT molecular complexity index is 489. The van der Waals surface area contributed by atoms with Crippen LogP contribution in [-0.2, 0) is 4.79 Å². The molecule has 104 valence electrons. The molecular formula is C15H22N2OS. The third-order valence-electron chi connectivity index (χ3n) is 4.20. The molecule has 0 aromatic heterocycles. The number of nitrogens with two attached hydrogens (primary N) is 1. The van der Waals surface area contributed by atoms with E-state index in [-0.39, 0.29) is 5.91 Å². The summed E-state index contributed by atoms with van der Waals surface area (Å²) in [5, 5.41) is 3.59. The molecule has 1 fully saturated rings. The van der Waals surface area contributed by atoms with Crippen molar-refractivity contribution < 1.29 is 4.79 Å². The minimum atomic E-state index is -0.503. The van der Waals surface area contributed by atoms with Crippen molar-refractivity contribution in [1.82, 2.24) is 5.32 Å². The molecule has 0 heterocycles. The van der Waals surface area contributed by atoms with Gasteiger partial charge in [-0.15, -0.1) is 11.8 Å². The minimum absolute atomic E-state index is 0.224. The van der Waals surface area contributed by atoms with E-state index >= 15 is 0 Å². The predicted octanol–water partition coefficient (Wildman–Crippen LogP) is 2.39. The van der Waals surface area contributed by atoms with Gasteiger partial charge in [-0.05, 0) is 63.4 Å². The molecule has 2 atom stereocenters. The van der Waals surface area contributed by atoms with Crippen LogP contribution in [0.15, 0.2) is 23.1 Å². The van der Waals surface area contributed by atoms with E-state index in [0.717, 1.165) is 19.3 Å². The van der Waals surface area contributed by atoms with Crippen LogP contribution in [0.3, 0.4) is 0 Å². The molecule has 1 aliphatic carbocycles. The second kappa shape index (κ2) is 5.55. The Balaban J connectivity index is 2.05. The molecule has 3 N–H and O–H groups in total. The molecule has 1 amide bonds. The molecule has 1 aromatic carbocycles. The number of carbonyl (C=O) groups excluding carboxylic acids is 1. The maximum atomic E-state index is 11.6. The molecule has 0 saturated heterocycles. The molecule has 1 aromatic rings. The highest BCUT2D eigenvalue weighted by atomic mass is 32.2. The molecule has 2 rings (SSSR count). The van der Waals surface area contributed by atoms with E-state index in [1.54, 1.807) is 0 Å². The average Bonchev–Trinajstić information content (AvgIpc) is 2.79. The highest BCUT2D eigenvalue weighted by molar-refractivity contribution is 8.00. The monoisotopic (exact) mass is 278 g/mol. The van der Waals surface area contributed by atoms with E-state index in [1.165, 1.54) is 16.0 Å². The topological polar surface area (TPSA) is 55.1 Å². The van der Waals surface area contributed by atoms with E-state index in [1.807, 2.05) is 18.8 Å². The SMILES string of the molecule is CNC1(C(N)=O)CCC(Sc2ccc(C)c(C)c2)C1. The quantitative estimate of drug-likeness (QED) is 0.889. The predicted molar refractivity (Wildman–Crippen MR) is 80.4 cm³/mol. The Hall–Kier alpha value is -1.00. The zero-order valence-corrected chi connectivity index (χ0v) is 12.6. The first kappa shape index (κ1) is 14.4. The molecule has 4 heteroatoms. The molecular weight excluding hydrogens is 256 g/mol. The Morgan fingerprint density at radius 1 is 1.42 bits per heavy atom. The fourth-order valence-corrected chi connectivity index (χ4v) is 4.03. The van der Waals surface area contributed by atoms with Gasteiger partial charge in [0.25, 0.3) is 0 Å². The number of thioether (sulfide) groups is 1. The first-order valence-electron chi connectivity index (χ1n) is 6.69. The third kappa shape index (κ3) is 2.95. The summed E-state index contributed by atoms with van der Waals surface area (Å²) in [4.78, 5) is 12.9. The number of primary amides is 1. The first-order chi connectivity index (χ1) is 8.97. The summed E-state index contributed by atoms with van der Waals surface area (Å²) in [6, 6.07) is 6.55. The van der Waals surface area contributed by atoms with Crippen molar-refractivity contribution in [3.05, 3.63) is 29.3 Å². The molecule has 3 nitrogen and oxygen atoms in total. The van der Waals surface area contributed by atoms with Crippen LogP contribution in [0.25, 0.3) is 0 Å². The van der Waals surface area contributed by atoms with Gasteiger partial charge in [0.2, 0.25) is 5.91 Å². The van der Waals surface area contributed by atoms with Crippen molar-refractivity contribution in [2.24, 2.45) is 5.73 Å². The Kier molecular flexibility index (Phi) is 4.21. The van der Waals surface area contributed by atoms with E-state index < -0.39 is 5.54 Å². The van der Waals surface area contributed by atoms with Gasteiger partial charge in [0.15, 0.2) is 0 Å². The summed E-state index contributed by atoms with van der Waals surface area (Å²) in [5.41, 5.74) is 7.66. The summed E-state index contributed by atoms with van der Waals surface area (Å²) in [7, 11) is 1.83. The molecule has 0 bridgehead atoms. The van der Waals surface area contributed by atoms with Gasteiger partial charge in [-0.1, -0.05) is 6.07 Å². The highest BCUT2D eigenvalue weighted by Crippen LogP contribution is 2.40. The summed E-state index contributed by atoms with van der Waals surface area (Å²) in [6.07, 6.45) is 2.68. The normalized spacial score (nSPS) is 26.6. The second-order valence-electron chi connectivity index (χ2n) is 5.43. The number of carbonyl (C=O) groups is 1. The second-order valence-corrected chi connectivity index (χ2v) is 6.80. The van der Waals surface area contributed by atoms with Crippen LogP contribution in [-0.4, -0.2) is 23.7 Å². The van der Waals surface area contributed by atoms with Crippen LogP contribution in [0.1, 0.15) is 30.4 Å². The summed E-state index contributed by atoms with van der Waals surface area (Å²) < 4.78 is 0. The van der Waals surface area contributed by atoms with Gasteiger partial charge in [-0.2, -0.15) is 0 Å². The van der Waals surface area contributed by atoms with Crippen molar-refractivity contribution >= 4 is 17.7 Å². The zero-order chi connectivity index (χ0) is 14.0. The number of rotatable bonds is 4. The number of benzene rings is 1. The van der Waals surface area contributed by atoms with Gasteiger partial charge in [0.1, 0.15) is 0 Å². The Morgan fingerprint density at radius 2 is 2.16 bits per heavy atom. The van der Waals surface area contributed by atoms with E-state index in [9.17, 15) is 4.79 Å². The maximum absolute atomic E-state index is 11.6. The molecule has 0 aliphatic heterocycles. The van der Waals surface area contributed by atoms with Crippen LogP contribution >= 0.6 is 11.8 Å². The largest absolute Gasteiger partial charge is 0.368 e. The van der Waals surface area contributed by atoms with Crippen LogP contribution in [0, 0.1) is 13.8 Å². The van der Waals surface area contributed by atoms with Crippen LogP contribution < -0.4 is 11.1 Å². The van der Waals surface area contributed by atoms with E-state index in [4.69, 9.17) is 5.73 Å². The van der Waals surface area contributed by atoms with Crippen molar-refractivity contribution in [3.63, 3.8) is 0 Å². The lowest BCUT2D eigenvalue weighted by atomic mass is 9.97. The number of nitrogens with one attached hydrogen (secondary N) is 1. The molecule has 0 radical (unpaired) electrons. The van der Waals surface area contributed by atoms with Gasteiger partial charge in [-0.3, -0.25) is 4.79 Å². The average molecular weight is 278 g/mol. The van der Waals surface area contributed by atoms with Gasteiger partial charge in [0, 0.05) is 10.1 Å². The smallest absolute Gasteiger partial charge is 0.237 e. The standard InChI is InChI=1S/C15H22N2OS/c1-10-4-5-12(8-11(10)2)19-13-6-7-15(9-13,17-3)14(16)18/h4-5,8,13,17H,6-7,9H2,1-3H3,(H2,16,18). The first-order valence-corrected chi connectivity index (χ1v) is 7.57. The lowest BCUT2D eigenvalue weighted by Gasteiger charge is -2.24. The molecule has 1 saturated carbocycles. The third-order valence-corrected chi connectivity index (χ3v) is 5.46.